The van der Waals surface area contributed by atoms with Crippen molar-refractivity contribution in [3.8, 4) is 6.07 Å². The van der Waals surface area contributed by atoms with Crippen LogP contribution in [0.1, 0.15) is 6.92 Å². The number of hydrogen-bond acceptors (Lipinski definition) is 3. The number of carbonyl (C=O) groups excluding carboxylic acids is 1. The molecule has 0 fully saturated rings. The molecule has 0 heterocycles. The molecule has 3 heteroatoms. The van der Waals surface area contributed by atoms with E-state index in [9.17, 15) is 4.79 Å². The van der Waals surface area contributed by atoms with Gasteiger partial charge < -0.3 is 5.11 Å². The van der Waals surface area contributed by atoms with Crippen LogP contribution in [-0.2, 0) is 4.79 Å². The standard InChI is InChI=1S/C5H5NO2/c1-4(8)5(2-6)3-7/h3,8H,1H3/b5-4-. The van der Waals surface area contributed by atoms with E-state index in [0.29, 0.717) is 6.29 Å². The summed E-state index contributed by atoms with van der Waals surface area (Å²) < 4.78 is 0. The highest BCUT2D eigenvalue weighted by Gasteiger charge is 1.94. The summed E-state index contributed by atoms with van der Waals surface area (Å²) in [5.74, 6) is -0.234. The molecule has 0 aliphatic heterocycles. The first kappa shape index (κ1) is 6.70. The number of nitriles is 1. The third kappa shape index (κ3) is 1.43. The first-order chi connectivity index (χ1) is 3.72. The maximum Gasteiger partial charge on any atom is 0.164 e. The molecule has 0 spiro atoms. The predicted octanol–water partition coefficient (Wildman–Crippen LogP) is 0.541. The minimum atomic E-state index is -0.234. The van der Waals surface area contributed by atoms with E-state index in [-0.39, 0.29) is 11.3 Å². The van der Waals surface area contributed by atoms with Gasteiger partial charge in [0.15, 0.2) is 6.29 Å². The molecule has 42 valence electrons. The Balaban J connectivity index is 4.38. The van der Waals surface area contributed by atoms with E-state index >= 15 is 0 Å². The van der Waals surface area contributed by atoms with Crippen LogP contribution in [0.4, 0.5) is 0 Å². The summed E-state index contributed by atoms with van der Waals surface area (Å²) >= 11 is 0. The van der Waals surface area contributed by atoms with Crippen LogP contribution in [0.25, 0.3) is 0 Å². The normalized spacial score (nSPS) is 11.5. The molecule has 0 bridgehead atoms. The molecule has 0 aliphatic carbocycles. The number of nitrogens with zero attached hydrogens (tertiary/aromatic N) is 1. The Bertz CT molecular complexity index is 160. The molecular weight excluding hydrogens is 106 g/mol. The zero-order valence-corrected chi connectivity index (χ0v) is 4.38. The van der Waals surface area contributed by atoms with E-state index in [1.807, 2.05) is 0 Å². The summed E-state index contributed by atoms with van der Waals surface area (Å²) in [5.41, 5.74) is -0.218. The Hall–Kier alpha value is -1.30. The smallest absolute Gasteiger partial charge is 0.164 e. The summed E-state index contributed by atoms with van der Waals surface area (Å²) in [6.07, 6.45) is 0.315. The molecule has 0 aromatic carbocycles. The van der Waals surface area contributed by atoms with Crippen molar-refractivity contribution in [2.75, 3.05) is 0 Å². The lowest BCUT2D eigenvalue weighted by molar-refractivity contribution is -0.104. The van der Waals surface area contributed by atoms with E-state index < -0.39 is 0 Å². The van der Waals surface area contributed by atoms with E-state index in [1.165, 1.54) is 13.0 Å². The first-order valence-electron chi connectivity index (χ1n) is 1.97. The molecule has 0 amide bonds. The fourth-order valence-electron chi connectivity index (χ4n) is 0.193. The number of aliphatic hydroxyl groups excluding tert-OH is 1. The van der Waals surface area contributed by atoms with E-state index in [4.69, 9.17) is 10.4 Å². The van der Waals surface area contributed by atoms with Crippen molar-refractivity contribution in [2.24, 2.45) is 0 Å². The summed E-state index contributed by atoms with van der Waals surface area (Å²) in [4.78, 5) is 9.74. The number of aldehydes is 1. The second kappa shape index (κ2) is 2.80. The van der Waals surface area contributed by atoms with Crippen LogP contribution in [0, 0.1) is 11.3 Å². The lowest BCUT2D eigenvalue weighted by Crippen LogP contribution is -1.84. The Morgan fingerprint density at radius 2 is 2.38 bits per heavy atom. The average Bonchev–Trinajstić information content (AvgIpc) is 1.69. The van der Waals surface area contributed by atoms with Gasteiger partial charge in [-0.15, -0.1) is 0 Å². The molecule has 0 aromatic heterocycles. The van der Waals surface area contributed by atoms with Gasteiger partial charge in [0.1, 0.15) is 17.4 Å². The molecule has 1 N–H and O–H groups in total. The van der Waals surface area contributed by atoms with Gasteiger partial charge in [0, 0.05) is 0 Å². The maximum atomic E-state index is 9.74. The third-order valence-electron chi connectivity index (χ3n) is 0.628. The van der Waals surface area contributed by atoms with Gasteiger partial charge in [0.25, 0.3) is 0 Å². The van der Waals surface area contributed by atoms with E-state index in [0.717, 1.165) is 0 Å². The van der Waals surface area contributed by atoms with Gasteiger partial charge in [-0.05, 0) is 6.92 Å². The van der Waals surface area contributed by atoms with Gasteiger partial charge in [0.05, 0.1) is 0 Å². The monoisotopic (exact) mass is 111 g/mol. The van der Waals surface area contributed by atoms with Crippen molar-refractivity contribution in [3.63, 3.8) is 0 Å². The van der Waals surface area contributed by atoms with Crippen molar-refractivity contribution >= 4 is 6.29 Å². The molecular formula is C5H5NO2. The van der Waals surface area contributed by atoms with Gasteiger partial charge in [-0.2, -0.15) is 5.26 Å². The molecule has 3 nitrogen and oxygen atoms in total. The van der Waals surface area contributed by atoms with Crippen molar-refractivity contribution in [1.82, 2.24) is 0 Å². The van der Waals surface area contributed by atoms with Crippen molar-refractivity contribution in [2.45, 2.75) is 6.92 Å². The van der Waals surface area contributed by atoms with Gasteiger partial charge in [-0.25, -0.2) is 0 Å². The van der Waals surface area contributed by atoms with Crippen molar-refractivity contribution in [3.05, 3.63) is 11.3 Å². The molecule has 0 radical (unpaired) electrons. The number of allylic oxidation sites excluding steroid dienone is 2. The number of hydrogen-bond donors (Lipinski definition) is 1. The van der Waals surface area contributed by atoms with Crippen LogP contribution in [-0.4, -0.2) is 11.4 Å². The summed E-state index contributed by atoms with van der Waals surface area (Å²) in [6.45, 7) is 1.28. The molecule has 0 saturated carbocycles. The fraction of sp³-hybridized carbons (Fsp3) is 0.200. The van der Waals surface area contributed by atoms with Crippen molar-refractivity contribution in [1.29, 1.82) is 5.26 Å². The zero-order chi connectivity index (χ0) is 6.57. The Morgan fingerprint density at radius 1 is 1.88 bits per heavy atom. The average molecular weight is 111 g/mol. The lowest BCUT2D eigenvalue weighted by Gasteiger charge is -1.83. The second-order valence-electron chi connectivity index (χ2n) is 1.23. The first-order valence-corrected chi connectivity index (χ1v) is 1.97. The highest BCUT2D eigenvalue weighted by molar-refractivity contribution is 5.79. The van der Waals surface area contributed by atoms with Crippen molar-refractivity contribution < 1.29 is 9.90 Å². The highest BCUT2D eigenvalue weighted by Crippen LogP contribution is 1.92. The topological polar surface area (TPSA) is 61.1 Å². The van der Waals surface area contributed by atoms with Gasteiger partial charge >= 0.3 is 0 Å². The highest BCUT2D eigenvalue weighted by atomic mass is 16.3. The number of carbonyl (C=O) groups is 1. The molecule has 0 aliphatic rings. The largest absolute Gasteiger partial charge is 0.511 e. The quantitative estimate of drug-likeness (QED) is 0.232. The molecule has 0 unspecified atom stereocenters. The van der Waals surface area contributed by atoms with E-state index in [1.54, 1.807) is 0 Å². The Labute approximate surface area is 46.9 Å². The van der Waals surface area contributed by atoms with Crippen LogP contribution in [0.15, 0.2) is 11.3 Å². The SMILES string of the molecule is C/C(O)=C(\C#N)C=O. The summed E-state index contributed by atoms with van der Waals surface area (Å²) in [6, 6.07) is 1.51. The van der Waals surface area contributed by atoms with Gasteiger partial charge in [-0.3, -0.25) is 4.79 Å². The molecule has 8 heavy (non-hydrogen) atoms. The molecule has 0 saturated heterocycles. The van der Waals surface area contributed by atoms with Gasteiger partial charge in [-0.1, -0.05) is 0 Å². The van der Waals surface area contributed by atoms with E-state index in [2.05, 4.69) is 0 Å². The Morgan fingerprint density at radius 3 is 2.38 bits per heavy atom. The Kier molecular flexibility index (Phi) is 2.35. The molecule has 0 aromatic rings. The van der Waals surface area contributed by atoms with Crippen LogP contribution >= 0.6 is 0 Å². The van der Waals surface area contributed by atoms with Crippen LogP contribution in [0.2, 0.25) is 0 Å². The predicted molar refractivity (Wildman–Crippen MR) is 27.0 cm³/mol. The maximum absolute atomic E-state index is 9.74. The van der Waals surface area contributed by atoms with Crippen LogP contribution in [0.3, 0.4) is 0 Å². The molecule has 0 rings (SSSR count). The summed E-state index contributed by atoms with van der Waals surface area (Å²) in [7, 11) is 0. The minimum Gasteiger partial charge on any atom is -0.511 e. The van der Waals surface area contributed by atoms with Gasteiger partial charge in [0.2, 0.25) is 0 Å². The fourth-order valence-corrected chi connectivity index (χ4v) is 0.193. The summed E-state index contributed by atoms with van der Waals surface area (Å²) in [5, 5.41) is 16.4. The lowest BCUT2D eigenvalue weighted by atomic mass is 10.3. The zero-order valence-electron chi connectivity index (χ0n) is 4.38. The van der Waals surface area contributed by atoms with Crippen LogP contribution < -0.4 is 0 Å². The number of aliphatic hydroxyl groups is 1. The van der Waals surface area contributed by atoms with Crippen LogP contribution in [0.5, 0.6) is 0 Å². The second-order valence-corrected chi connectivity index (χ2v) is 1.23. The third-order valence-corrected chi connectivity index (χ3v) is 0.628. The number of rotatable bonds is 1. The molecule has 0 atom stereocenters. The minimum absolute atomic E-state index is 0.218.